The lowest BCUT2D eigenvalue weighted by Crippen LogP contribution is -2.08. The summed E-state index contributed by atoms with van der Waals surface area (Å²) < 4.78 is 4.72. The monoisotopic (exact) mass is 263 g/mol. The van der Waals surface area contributed by atoms with Crippen LogP contribution in [0.15, 0.2) is 29.6 Å². The lowest BCUT2D eigenvalue weighted by molar-refractivity contribution is 0.0602. The largest absolute Gasteiger partial charge is 0.465 e. The second kappa shape index (κ2) is 5.50. The molecule has 0 radical (unpaired) electrons. The Morgan fingerprint density at radius 3 is 2.94 bits per heavy atom. The number of hydrogen-bond donors (Lipinski definition) is 2. The smallest absolute Gasteiger partial charge is 0.339 e. The highest BCUT2D eigenvalue weighted by Gasteiger charge is 2.10. The van der Waals surface area contributed by atoms with E-state index in [1.54, 1.807) is 12.1 Å². The first kappa shape index (κ1) is 12.4. The topological polar surface area (TPSA) is 77.2 Å². The molecule has 1 heterocycles. The van der Waals surface area contributed by atoms with E-state index in [-0.39, 0.29) is 5.97 Å². The molecule has 0 atom stereocenters. The van der Waals surface area contributed by atoms with Gasteiger partial charge in [-0.3, -0.25) is 0 Å². The van der Waals surface area contributed by atoms with Crippen LogP contribution < -0.4 is 11.1 Å². The molecule has 0 saturated heterocycles. The number of rotatable bonds is 4. The fourth-order valence-corrected chi connectivity index (χ4v) is 2.08. The number of nitrogens with zero attached hydrogens (tertiary/aromatic N) is 1. The molecule has 2 rings (SSSR count). The van der Waals surface area contributed by atoms with Crippen LogP contribution in [-0.4, -0.2) is 18.1 Å². The zero-order chi connectivity index (χ0) is 13.0. The van der Waals surface area contributed by atoms with Gasteiger partial charge in [0.25, 0.3) is 0 Å². The van der Waals surface area contributed by atoms with E-state index in [0.29, 0.717) is 17.2 Å². The van der Waals surface area contributed by atoms with Gasteiger partial charge in [-0.15, -0.1) is 11.3 Å². The number of anilines is 2. The minimum atomic E-state index is -0.365. The third kappa shape index (κ3) is 2.78. The molecule has 0 aliphatic heterocycles. The van der Waals surface area contributed by atoms with Gasteiger partial charge in [0.05, 0.1) is 24.9 Å². The molecule has 0 fully saturated rings. The van der Waals surface area contributed by atoms with Crippen LogP contribution in [-0.2, 0) is 11.3 Å². The van der Waals surface area contributed by atoms with Crippen LogP contribution in [0.1, 0.15) is 16.1 Å². The van der Waals surface area contributed by atoms with Crippen LogP contribution in [0.4, 0.5) is 10.8 Å². The van der Waals surface area contributed by atoms with Crippen LogP contribution in [0.2, 0.25) is 0 Å². The Morgan fingerprint density at radius 1 is 1.50 bits per heavy atom. The molecule has 0 aliphatic carbocycles. The molecule has 0 saturated carbocycles. The summed E-state index contributed by atoms with van der Waals surface area (Å²) in [6.07, 6.45) is 0. The van der Waals surface area contributed by atoms with Gasteiger partial charge in [0.1, 0.15) is 0 Å². The molecular weight excluding hydrogens is 250 g/mol. The maximum atomic E-state index is 11.6. The average Bonchev–Trinajstić information content (AvgIpc) is 2.81. The van der Waals surface area contributed by atoms with Crippen molar-refractivity contribution in [2.24, 2.45) is 0 Å². The number of esters is 1. The summed E-state index contributed by atoms with van der Waals surface area (Å²) in [7, 11) is 1.36. The first-order chi connectivity index (χ1) is 8.70. The number of carbonyl (C=O) groups excluding carboxylic acids is 1. The van der Waals surface area contributed by atoms with Gasteiger partial charge in [-0.2, -0.15) is 0 Å². The first-order valence-electron chi connectivity index (χ1n) is 5.32. The standard InChI is InChI=1S/C12H13N3O2S/c1-17-11(16)9-4-2-3-5-10(9)14-6-8-7-18-12(13)15-8/h2-5,7,14H,6H2,1H3,(H2,13,15). The Morgan fingerprint density at radius 2 is 2.28 bits per heavy atom. The highest BCUT2D eigenvalue weighted by atomic mass is 32.1. The van der Waals surface area contributed by atoms with Crippen molar-refractivity contribution in [1.29, 1.82) is 0 Å². The van der Waals surface area contributed by atoms with E-state index in [0.717, 1.165) is 11.4 Å². The zero-order valence-electron chi connectivity index (χ0n) is 9.84. The number of methoxy groups -OCH3 is 1. The number of thiazole rings is 1. The fraction of sp³-hybridized carbons (Fsp3) is 0.167. The van der Waals surface area contributed by atoms with Crippen LogP contribution in [0, 0.1) is 0 Å². The van der Waals surface area contributed by atoms with Gasteiger partial charge in [0.15, 0.2) is 5.13 Å². The molecule has 1 aromatic heterocycles. The molecule has 5 nitrogen and oxygen atoms in total. The summed E-state index contributed by atoms with van der Waals surface area (Å²) in [6.45, 7) is 0.516. The summed E-state index contributed by atoms with van der Waals surface area (Å²) in [5, 5.41) is 5.56. The van der Waals surface area contributed by atoms with Crippen molar-refractivity contribution in [3.05, 3.63) is 40.9 Å². The van der Waals surface area contributed by atoms with Crippen molar-refractivity contribution in [3.8, 4) is 0 Å². The second-order valence-electron chi connectivity index (χ2n) is 3.57. The molecule has 6 heteroatoms. The number of carbonyl (C=O) groups is 1. The number of hydrogen-bond acceptors (Lipinski definition) is 6. The first-order valence-corrected chi connectivity index (χ1v) is 6.19. The molecule has 3 N–H and O–H groups in total. The van der Waals surface area contributed by atoms with E-state index in [1.165, 1.54) is 18.4 Å². The van der Waals surface area contributed by atoms with Gasteiger partial charge in [0, 0.05) is 11.1 Å². The molecule has 0 bridgehead atoms. The molecule has 2 aromatic rings. The number of ether oxygens (including phenoxy) is 1. The fourth-order valence-electron chi connectivity index (χ4n) is 1.51. The molecule has 18 heavy (non-hydrogen) atoms. The third-order valence-corrected chi connectivity index (χ3v) is 3.08. The van der Waals surface area contributed by atoms with Crippen molar-refractivity contribution in [2.45, 2.75) is 6.54 Å². The zero-order valence-corrected chi connectivity index (χ0v) is 10.7. The van der Waals surface area contributed by atoms with Gasteiger partial charge in [-0.25, -0.2) is 9.78 Å². The summed E-state index contributed by atoms with van der Waals surface area (Å²) in [4.78, 5) is 15.7. The molecule has 1 aromatic carbocycles. The number of benzene rings is 1. The summed E-state index contributed by atoms with van der Waals surface area (Å²) in [5.74, 6) is -0.365. The van der Waals surface area contributed by atoms with Gasteiger partial charge in [-0.1, -0.05) is 12.1 Å². The van der Waals surface area contributed by atoms with Gasteiger partial charge in [-0.05, 0) is 12.1 Å². The van der Waals surface area contributed by atoms with Crippen molar-refractivity contribution >= 4 is 28.1 Å². The quantitative estimate of drug-likeness (QED) is 0.826. The van der Waals surface area contributed by atoms with E-state index < -0.39 is 0 Å². The Balaban J connectivity index is 2.11. The molecule has 94 valence electrons. The predicted molar refractivity (Wildman–Crippen MR) is 71.6 cm³/mol. The minimum absolute atomic E-state index is 0.365. The number of para-hydroxylation sites is 1. The van der Waals surface area contributed by atoms with E-state index in [2.05, 4.69) is 10.3 Å². The Kier molecular flexibility index (Phi) is 3.78. The Labute approximate surface area is 109 Å². The van der Waals surface area contributed by atoms with Crippen LogP contribution >= 0.6 is 11.3 Å². The normalized spacial score (nSPS) is 10.1. The Bertz CT molecular complexity index is 554. The lowest BCUT2D eigenvalue weighted by Gasteiger charge is -2.09. The average molecular weight is 263 g/mol. The Hall–Kier alpha value is -2.08. The second-order valence-corrected chi connectivity index (χ2v) is 4.46. The van der Waals surface area contributed by atoms with Crippen LogP contribution in [0.5, 0.6) is 0 Å². The molecule has 0 aliphatic rings. The molecular formula is C12H13N3O2S. The van der Waals surface area contributed by atoms with Crippen LogP contribution in [0.3, 0.4) is 0 Å². The summed E-state index contributed by atoms with van der Waals surface area (Å²) in [6, 6.07) is 7.17. The summed E-state index contributed by atoms with van der Waals surface area (Å²) in [5.41, 5.74) is 7.62. The van der Waals surface area contributed by atoms with Crippen molar-refractivity contribution in [3.63, 3.8) is 0 Å². The van der Waals surface area contributed by atoms with E-state index in [9.17, 15) is 4.79 Å². The lowest BCUT2D eigenvalue weighted by atomic mass is 10.2. The number of nitrogens with two attached hydrogens (primary N) is 1. The summed E-state index contributed by atoms with van der Waals surface area (Å²) >= 11 is 1.39. The maximum absolute atomic E-state index is 11.6. The molecule has 0 unspecified atom stereocenters. The highest BCUT2D eigenvalue weighted by Crippen LogP contribution is 2.18. The highest BCUT2D eigenvalue weighted by molar-refractivity contribution is 7.13. The van der Waals surface area contributed by atoms with Crippen molar-refractivity contribution < 1.29 is 9.53 Å². The van der Waals surface area contributed by atoms with Crippen molar-refractivity contribution in [2.75, 3.05) is 18.2 Å². The van der Waals surface area contributed by atoms with Crippen LogP contribution in [0.25, 0.3) is 0 Å². The van der Waals surface area contributed by atoms with Gasteiger partial charge >= 0.3 is 5.97 Å². The van der Waals surface area contributed by atoms with Gasteiger partial charge < -0.3 is 15.8 Å². The van der Waals surface area contributed by atoms with E-state index >= 15 is 0 Å². The molecule has 0 spiro atoms. The number of aromatic nitrogens is 1. The number of nitrogens with one attached hydrogen (secondary N) is 1. The minimum Gasteiger partial charge on any atom is -0.465 e. The molecule has 0 amide bonds. The van der Waals surface area contributed by atoms with Gasteiger partial charge in [0.2, 0.25) is 0 Å². The maximum Gasteiger partial charge on any atom is 0.339 e. The SMILES string of the molecule is COC(=O)c1ccccc1NCc1csc(N)n1. The van der Waals surface area contributed by atoms with E-state index in [4.69, 9.17) is 10.5 Å². The number of nitrogen functional groups attached to an aromatic ring is 1. The third-order valence-electron chi connectivity index (χ3n) is 2.36. The van der Waals surface area contributed by atoms with Crippen molar-refractivity contribution in [1.82, 2.24) is 4.98 Å². The van der Waals surface area contributed by atoms with E-state index in [1.807, 2.05) is 17.5 Å². The predicted octanol–water partition coefficient (Wildman–Crippen LogP) is 2.12.